The van der Waals surface area contributed by atoms with Gasteiger partial charge >= 0.3 is 0 Å². The maximum atomic E-state index is 8.93. The number of benzene rings is 1. The second kappa shape index (κ2) is 8.17. The number of likely N-dealkylation sites (tertiary alicyclic amines) is 1. The number of nitriles is 1. The Bertz CT molecular complexity index is 482. The van der Waals surface area contributed by atoms with Crippen LogP contribution in [0.2, 0.25) is 0 Å². The molecule has 1 heterocycles. The lowest BCUT2D eigenvalue weighted by Crippen LogP contribution is -2.37. The number of hydrogen-bond donors (Lipinski definition) is 1. The van der Waals surface area contributed by atoms with E-state index in [0.29, 0.717) is 0 Å². The number of hydrogen-bond acceptors (Lipinski definition) is 3. The highest BCUT2D eigenvalue weighted by molar-refractivity contribution is 5.37. The van der Waals surface area contributed by atoms with Crippen LogP contribution in [0.15, 0.2) is 18.2 Å². The third-order valence-corrected chi connectivity index (χ3v) is 4.43. The predicted molar refractivity (Wildman–Crippen MR) is 87.1 cm³/mol. The topological polar surface area (TPSA) is 39.1 Å². The molecule has 0 aromatic heterocycles. The molecule has 1 aliphatic rings. The maximum Gasteiger partial charge on any atom is 0.0991 e. The van der Waals surface area contributed by atoms with Gasteiger partial charge in [-0.3, -0.25) is 4.90 Å². The Morgan fingerprint density at radius 2 is 2.10 bits per heavy atom. The van der Waals surface area contributed by atoms with E-state index in [-0.39, 0.29) is 0 Å². The summed E-state index contributed by atoms with van der Waals surface area (Å²) in [6, 6.07) is 8.25. The van der Waals surface area contributed by atoms with Gasteiger partial charge in [-0.25, -0.2) is 0 Å². The molecular formula is C18H27N3. The molecular weight excluding hydrogens is 258 g/mol. The third-order valence-electron chi connectivity index (χ3n) is 4.43. The normalized spacial score (nSPS) is 16.8. The second-order valence-corrected chi connectivity index (χ2v) is 6.18. The summed E-state index contributed by atoms with van der Waals surface area (Å²) in [4.78, 5) is 2.55. The van der Waals surface area contributed by atoms with Crippen molar-refractivity contribution in [3.05, 3.63) is 34.9 Å². The van der Waals surface area contributed by atoms with Crippen LogP contribution in [-0.4, -0.2) is 31.1 Å². The van der Waals surface area contributed by atoms with Gasteiger partial charge in [-0.05, 0) is 81.5 Å². The van der Waals surface area contributed by atoms with Crippen molar-refractivity contribution in [1.29, 1.82) is 5.26 Å². The van der Waals surface area contributed by atoms with Crippen LogP contribution in [-0.2, 0) is 6.54 Å². The summed E-state index contributed by atoms with van der Waals surface area (Å²) in [7, 11) is 0. The van der Waals surface area contributed by atoms with Gasteiger partial charge in [-0.2, -0.15) is 5.26 Å². The minimum absolute atomic E-state index is 0.761. The molecule has 0 aliphatic carbocycles. The number of nitrogens with zero attached hydrogens (tertiary/aromatic N) is 2. The quantitative estimate of drug-likeness (QED) is 0.816. The lowest BCUT2D eigenvalue weighted by Gasteiger charge is -2.32. The Morgan fingerprint density at radius 1 is 1.33 bits per heavy atom. The zero-order chi connectivity index (χ0) is 15.1. The first kappa shape index (κ1) is 16.0. The van der Waals surface area contributed by atoms with Crippen LogP contribution in [0.1, 0.15) is 42.9 Å². The monoisotopic (exact) mass is 285 g/mol. The van der Waals surface area contributed by atoms with Crippen LogP contribution < -0.4 is 5.32 Å². The highest BCUT2D eigenvalue weighted by Gasteiger charge is 2.19. The first-order valence-corrected chi connectivity index (χ1v) is 8.15. The first-order valence-electron chi connectivity index (χ1n) is 8.15. The van der Waals surface area contributed by atoms with Gasteiger partial charge in [0.1, 0.15) is 0 Å². The summed E-state index contributed by atoms with van der Waals surface area (Å²) >= 11 is 0. The van der Waals surface area contributed by atoms with Gasteiger partial charge in [-0.15, -0.1) is 0 Å². The van der Waals surface area contributed by atoms with Gasteiger partial charge in [0.25, 0.3) is 0 Å². The van der Waals surface area contributed by atoms with Crippen LogP contribution in [0.5, 0.6) is 0 Å². The van der Waals surface area contributed by atoms with Crippen LogP contribution >= 0.6 is 0 Å². The smallest absolute Gasteiger partial charge is 0.0991 e. The van der Waals surface area contributed by atoms with Crippen molar-refractivity contribution in [3.63, 3.8) is 0 Å². The standard InChI is InChI=1S/C18H27N3/c1-3-8-20-13-16-6-9-21(10-7-16)14-18-5-4-17(12-19)11-15(18)2/h4-5,11,16,20H,3,6-10,13-14H2,1-2H3. The lowest BCUT2D eigenvalue weighted by atomic mass is 9.96. The molecule has 1 fully saturated rings. The van der Waals surface area contributed by atoms with Crippen molar-refractivity contribution in [1.82, 2.24) is 10.2 Å². The zero-order valence-electron chi connectivity index (χ0n) is 13.4. The highest BCUT2D eigenvalue weighted by atomic mass is 15.1. The number of nitrogens with one attached hydrogen (secondary N) is 1. The molecule has 1 aromatic carbocycles. The zero-order valence-corrected chi connectivity index (χ0v) is 13.4. The largest absolute Gasteiger partial charge is 0.316 e. The fraction of sp³-hybridized carbons (Fsp3) is 0.611. The van der Waals surface area contributed by atoms with Crippen molar-refractivity contribution < 1.29 is 0 Å². The minimum Gasteiger partial charge on any atom is -0.316 e. The van der Waals surface area contributed by atoms with Crippen LogP contribution in [0, 0.1) is 24.2 Å². The Morgan fingerprint density at radius 3 is 2.71 bits per heavy atom. The van der Waals surface area contributed by atoms with E-state index in [2.05, 4.69) is 36.2 Å². The van der Waals surface area contributed by atoms with E-state index in [9.17, 15) is 0 Å². The average Bonchev–Trinajstić information content (AvgIpc) is 2.51. The fourth-order valence-corrected chi connectivity index (χ4v) is 3.02. The van der Waals surface area contributed by atoms with Crippen molar-refractivity contribution in [2.24, 2.45) is 5.92 Å². The van der Waals surface area contributed by atoms with Gasteiger partial charge in [0, 0.05) is 6.54 Å². The summed E-state index contributed by atoms with van der Waals surface area (Å²) in [6.07, 6.45) is 3.81. The SMILES string of the molecule is CCCNCC1CCN(Cc2ccc(C#N)cc2C)CC1. The molecule has 0 bridgehead atoms. The van der Waals surface area contributed by atoms with E-state index in [1.165, 1.54) is 50.0 Å². The molecule has 2 rings (SSSR count). The summed E-state index contributed by atoms with van der Waals surface area (Å²) in [5.41, 5.74) is 3.36. The van der Waals surface area contributed by atoms with Crippen molar-refractivity contribution >= 4 is 0 Å². The third kappa shape index (κ3) is 4.84. The number of aryl methyl sites for hydroxylation is 1. The molecule has 21 heavy (non-hydrogen) atoms. The summed E-state index contributed by atoms with van der Waals surface area (Å²) in [5, 5.41) is 12.5. The van der Waals surface area contributed by atoms with Gasteiger partial charge in [0.2, 0.25) is 0 Å². The van der Waals surface area contributed by atoms with E-state index < -0.39 is 0 Å². The molecule has 0 spiro atoms. The van der Waals surface area contributed by atoms with E-state index in [1.54, 1.807) is 0 Å². The van der Waals surface area contributed by atoms with Crippen molar-refractivity contribution in [3.8, 4) is 6.07 Å². The minimum atomic E-state index is 0.761. The van der Waals surface area contributed by atoms with Crippen molar-refractivity contribution in [2.45, 2.75) is 39.7 Å². The van der Waals surface area contributed by atoms with Gasteiger partial charge in [0.15, 0.2) is 0 Å². The van der Waals surface area contributed by atoms with Crippen LogP contribution in [0.25, 0.3) is 0 Å². The van der Waals surface area contributed by atoms with Gasteiger partial charge in [0.05, 0.1) is 11.6 Å². The lowest BCUT2D eigenvalue weighted by molar-refractivity contribution is 0.175. The molecule has 1 aromatic rings. The molecule has 0 atom stereocenters. The molecule has 0 saturated carbocycles. The molecule has 1 saturated heterocycles. The van der Waals surface area contributed by atoms with Crippen LogP contribution in [0.3, 0.4) is 0 Å². The van der Waals surface area contributed by atoms with E-state index in [4.69, 9.17) is 5.26 Å². The molecule has 114 valence electrons. The Hall–Kier alpha value is -1.37. The number of piperidine rings is 1. The molecule has 1 aliphatic heterocycles. The summed E-state index contributed by atoms with van der Waals surface area (Å²) < 4.78 is 0. The average molecular weight is 285 g/mol. The maximum absolute atomic E-state index is 8.93. The molecule has 3 nitrogen and oxygen atoms in total. The molecule has 0 unspecified atom stereocenters. The Balaban J connectivity index is 1.80. The Kier molecular flexibility index (Phi) is 6.22. The highest BCUT2D eigenvalue weighted by Crippen LogP contribution is 2.20. The first-order chi connectivity index (χ1) is 10.2. The second-order valence-electron chi connectivity index (χ2n) is 6.18. The molecule has 3 heteroatoms. The fourth-order valence-electron chi connectivity index (χ4n) is 3.02. The molecule has 1 N–H and O–H groups in total. The summed E-state index contributed by atoms with van der Waals surface area (Å²) in [6.45, 7) is 10.1. The van der Waals surface area contributed by atoms with E-state index >= 15 is 0 Å². The van der Waals surface area contributed by atoms with E-state index in [1.807, 2.05) is 12.1 Å². The molecule has 0 amide bonds. The Labute approximate surface area is 129 Å². The van der Waals surface area contributed by atoms with Crippen molar-refractivity contribution in [2.75, 3.05) is 26.2 Å². The predicted octanol–water partition coefficient (Wildman–Crippen LogP) is 3.08. The van der Waals surface area contributed by atoms with Gasteiger partial charge in [-0.1, -0.05) is 13.0 Å². The van der Waals surface area contributed by atoms with E-state index in [0.717, 1.165) is 24.6 Å². The van der Waals surface area contributed by atoms with Gasteiger partial charge < -0.3 is 5.32 Å². The van der Waals surface area contributed by atoms with Crippen LogP contribution in [0.4, 0.5) is 0 Å². The number of rotatable bonds is 6. The molecule has 0 radical (unpaired) electrons. The summed E-state index contributed by atoms with van der Waals surface area (Å²) in [5.74, 6) is 0.842.